The van der Waals surface area contributed by atoms with Gasteiger partial charge in [-0.1, -0.05) is 23.7 Å². The van der Waals surface area contributed by atoms with Crippen molar-refractivity contribution >= 4 is 23.2 Å². The van der Waals surface area contributed by atoms with E-state index in [9.17, 15) is 4.79 Å². The highest BCUT2D eigenvalue weighted by molar-refractivity contribution is 6.30. The lowest BCUT2D eigenvalue weighted by Crippen LogP contribution is -2.30. The molecule has 0 aliphatic heterocycles. The summed E-state index contributed by atoms with van der Waals surface area (Å²) in [6, 6.07) is 14.1. The van der Waals surface area contributed by atoms with Gasteiger partial charge in [0.15, 0.2) is 6.10 Å². The van der Waals surface area contributed by atoms with E-state index in [0.29, 0.717) is 22.2 Å². The minimum absolute atomic E-state index is 0.255. The van der Waals surface area contributed by atoms with Crippen LogP contribution in [0.1, 0.15) is 6.92 Å². The van der Waals surface area contributed by atoms with Gasteiger partial charge in [0, 0.05) is 5.02 Å². The second kappa shape index (κ2) is 6.99. The number of halogens is 1. The number of hydrogen-bond donors (Lipinski definition) is 1. The summed E-state index contributed by atoms with van der Waals surface area (Å²) < 4.78 is 10.8. The fourth-order valence-electron chi connectivity index (χ4n) is 1.75. The third kappa shape index (κ3) is 4.13. The molecule has 0 heterocycles. The minimum atomic E-state index is -0.643. The Hall–Kier alpha value is -2.20. The predicted molar refractivity (Wildman–Crippen MR) is 83.2 cm³/mol. The van der Waals surface area contributed by atoms with Crippen molar-refractivity contribution in [1.29, 1.82) is 0 Å². The summed E-state index contributed by atoms with van der Waals surface area (Å²) in [5, 5.41) is 3.40. The summed E-state index contributed by atoms with van der Waals surface area (Å²) in [4.78, 5) is 12.1. The van der Waals surface area contributed by atoms with Crippen molar-refractivity contribution in [3.05, 3.63) is 53.6 Å². The molecule has 2 rings (SSSR count). The third-order valence-corrected chi connectivity index (χ3v) is 3.11. The average molecular weight is 306 g/mol. The summed E-state index contributed by atoms with van der Waals surface area (Å²) in [5.41, 5.74) is 0.608. The van der Waals surface area contributed by atoms with E-state index in [1.54, 1.807) is 50.4 Å². The second-order valence-corrected chi connectivity index (χ2v) is 4.84. The molecule has 0 saturated carbocycles. The number of nitrogens with one attached hydrogen (secondary N) is 1. The van der Waals surface area contributed by atoms with Crippen LogP contribution in [0, 0.1) is 0 Å². The van der Waals surface area contributed by atoms with Gasteiger partial charge in [0.05, 0.1) is 12.8 Å². The van der Waals surface area contributed by atoms with E-state index >= 15 is 0 Å². The van der Waals surface area contributed by atoms with Crippen molar-refractivity contribution in [2.24, 2.45) is 0 Å². The van der Waals surface area contributed by atoms with E-state index in [-0.39, 0.29) is 5.91 Å². The Bertz CT molecular complexity index is 613. The zero-order chi connectivity index (χ0) is 15.2. The molecule has 2 aromatic carbocycles. The molecule has 0 aliphatic rings. The van der Waals surface area contributed by atoms with Gasteiger partial charge in [-0.25, -0.2) is 0 Å². The first-order chi connectivity index (χ1) is 10.1. The van der Waals surface area contributed by atoms with Crippen LogP contribution in [0.2, 0.25) is 5.02 Å². The van der Waals surface area contributed by atoms with Crippen LogP contribution in [0.5, 0.6) is 11.5 Å². The van der Waals surface area contributed by atoms with Crippen LogP contribution in [0.25, 0.3) is 0 Å². The summed E-state index contributed by atoms with van der Waals surface area (Å²) in [7, 11) is 1.55. The average Bonchev–Trinajstić information content (AvgIpc) is 2.50. The van der Waals surface area contributed by atoms with Gasteiger partial charge in [-0.2, -0.15) is 0 Å². The molecular formula is C16H16ClNO3. The van der Waals surface area contributed by atoms with Crippen molar-refractivity contribution in [2.75, 3.05) is 12.4 Å². The zero-order valence-corrected chi connectivity index (χ0v) is 12.6. The van der Waals surface area contributed by atoms with Gasteiger partial charge in [0.2, 0.25) is 0 Å². The van der Waals surface area contributed by atoms with Crippen molar-refractivity contribution in [1.82, 2.24) is 0 Å². The maximum atomic E-state index is 12.1. The van der Waals surface area contributed by atoms with Gasteiger partial charge >= 0.3 is 0 Å². The monoisotopic (exact) mass is 305 g/mol. The SMILES string of the molecule is COc1ccccc1NC(=O)C(C)Oc1ccc(Cl)cc1. The highest BCUT2D eigenvalue weighted by atomic mass is 35.5. The normalized spacial score (nSPS) is 11.6. The molecule has 1 amide bonds. The molecule has 0 aliphatic carbocycles. The molecule has 0 radical (unpaired) electrons. The molecular weight excluding hydrogens is 290 g/mol. The first-order valence-corrected chi connectivity index (χ1v) is 6.84. The van der Waals surface area contributed by atoms with E-state index in [1.165, 1.54) is 0 Å². The molecule has 2 aromatic rings. The molecule has 0 bridgehead atoms. The van der Waals surface area contributed by atoms with Gasteiger partial charge in [0.1, 0.15) is 11.5 Å². The van der Waals surface area contributed by atoms with Crippen LogP contribution in [-0.4, -0.2) is 19.1 Å². The molecule has 0 spiro atoms. The van der Waals surface area contributed by atoms with Crippen LogP contribution in [0.4, 0.5) is 5.69 Å². The van der Waals surface area contributed by atoms with Crippen molar-refractivity contribution in [3.63, 3.8) is 0 Å². The number of carbonyl (C=O) groups is 1. The molecule has 1 N–H and O–H groups in total. The van der Waals surface area contributed by atoms with Gasteiger partial charge in [-0.15, -0.1) is 0 Å². The lowest BCUT2D eigenvalue weighted by molar-refractivity contribution is -0.122. The summed E-state index contributed by atoms with van der Waals surface area (Å²) in [5.74, 6) is 0.932. The Kier molecular flexibility index (Phi) is 5.06. The fraction of sp³-hybridized carbons (Fsp3) is 0.188. The fourth-order valence-corrected chi connectivity index (χ4v) is 1.88. The first kappa shape index (κ1) is 15.2. The molecule has 0 aromatic heterocycles. The van der Waals surface area contributed by atoms with Crippen molar-refractivity contribution < 1.29 is 14.3 Å². The Balaban J connectivity index is 2.01. The lowest BCUT2D eigenvalue weighted by atomic mass is 10.2. The maximum Gasteiger partial charge on any atom is 0.265 e. The second-order valence-electron chi connectivity index (χ2n) is 4.40. The largest absolute Gasteiger partial charge is 0.495 e. The number of hydrogen-bond acceptors (Lipinski definition) is 3. The van der Waals surface area contributed by atoms with Gasteiger partial charge < -0.3 is 14.8 Å². The van der Waals surface area contributed by atoms with E-state index in [0.717, 1.165) is 0 Å². The van der Waals surface area contributed by atoms with E-state index < -0.39 is 6.10 Å². The number of rotatable bonds is 5. The highest BCUT2D eigenvalue weighted by Crippen LogP contribution is 2.23. The molecule has 0 fully saturated rings. The molecule has 0 saturated heterocycles. The van der Waals surface area contributed by atoms with E-state index in [2.05, 4.69) is 5.32 Å². The van der Waals surface area contributed by atoms with Crippen molar-refractivity contribution in [3.8, 4) is 11.5 Å². The first-order valence-electron chi connectivity index (χ1n) is 6.46. The number of para-hydroxylation sites is 2. The van der Waals surface area contributed by atoms with Crippen molar-refractivity contribution in [2.45, 2.75) is 13.0 Å². The summed E-state index contributed by atoms with van der Waals surface area (Å²) in [6.45, 7) is 1.68. The van der Waals surface area contributed by atoms with Crippen LogP contribution in [0.3, 0.4) is 0 Å². The Morgan fingerprint density at radius 2 is 1.81 bits per heavy atom. The molecule has 1 unspecified atom stereocenters. The molecule has 4 nitrogen and oxygen atoms in total. The smallest absolute Gasteiger partial charge is 0.265 e. The highest BCUT2D eigenvalue weighted by Gasteiger charge is 2.16. The number of anilines is 1. The Morgan fingerprint density at radius 1 is 1.14 bits per heavy atom. The van der Waals surface area contributed by atoms with Crippen LogP contribution in [0.15, 0.2) is 48.5 Å². The van der Waals surface area contributed by atoms with Gasteiger partial charge in [-0.05, 0) is 43.3 Å². The zero-order valence-electron chi connectivity index (χ0n) is 11.8. The standard InChI is InChI=1S/C16H16ClNO3/c1-11(21-13-9-7-12(17)8-10-13)16(19)18-14-5-3-4-6-15(14)20-2/h3-11H,1-2H3,(H,18,19). The topological polar surface area (TPSA) is 47.6 Å². The summed E-state index contributed by atoms with van der Waals surface area (Å²) in [6.07, 6.45) is -0.643. The van der Waals surface area contributed by atoms with E-state index in [1.807, 2.05) is 12.1 Å². The van der Waals surface area contributed by atoms with Crippen LogP contribution >= 0.6 is 11.6 Å². The molecule has 21 heavy (non-hydrogen) atoms. The molecule has 110 valence electrons. The maximum absolute atomic E-state index is 12.1. The summed E-state index contributed by atoms with van der Waals surface area (Å²) >= 11 is 5.80. The van der Waals surface area contributed by atoms with Gasteiger partial charge in [-0.3, -0.25) is 4.79 Å². The lowest BCUT2D eigenvalue weighted by Gasteiger charge is -2.16. The minimum Gasteiger partial charge on any atom is -0.495 e. The van der Waals surface area contributed by atoms with Crippen LogP contribution in [-0.2, 0) is 4.79 Å². The number of benzene rings is 2. The number of ether oxygens (including phenoxy) is 2. The van der Waals surface area contributed by atoms with Gasteiger partial charge in [0.25, 0.3) is 5.91 Å². The number of carbonyl (C=O) groups excluding carboxylic acids is 1. The van der Waals surface area contributed by atoms with Crippen LogP contribution < -0.4 is 14.8 Å². The Labute approximate surface area is 128 Å². The van der Waals surface area contributed by atoms with E-state index in [4.69, 9.17) is 21.1 Å². The number of amides is 1. The molecule has 1 atom stereocenters. The number of methoxy groups -OCH3 is 1. The Morgan fingerprint density at radius 3 is 2.48 bits per heavy atom. The molecule has 5 heteroatoms. The quantitative estimate of drug-likeness (QED) is 0.915. The predicted octanol–water partition coefficient (Wildman–Crippen LogP) is 3.75. The third-order valence-electron chi connectivity index (χ3n) is 2.86.